The highest BCUT2D eigenvalue weighted by Crippen LogP contribution is 2.32. The van der Waals surface area contributed by atoms with Gasteiger partial charge >= 0.3 is 0 Å². The van der Waals surface area contributed by atoms with Gasteiger partial charge in [0, 0.05) is 18.8 Å². The Morgan fingerprint density at radius 1 is 0.833 bits per heavy atom. The van der Waals surface area contributed by atoms with Crippen LogP contribution in [0.1, 0.15) is 11.1 Å². The van der Waals surface area contributed by atoms with Gasteiger partial charge in [-0.15, -0.1) is 0 Å². The minimum atomic E-state index is -0.226. The van der Waals surface area contributed by atoms with E-state index in [0.717, 1.165) is 11.1 Å². The Morgan fingerprint density at radius 2 is 1.37 bits per heavy atom. The highest BCUT2D eigenvalue weighted by molar-refractivity contribution is 6.02. The van der Waals surface area contributed by atoms with E-state index < -0.39 is 0 Å². The quantitative estimate of drug-likeness (QED) is 0.352. The molecule has 30 heavy (non-hydrogen) atoms. The van der Waals surface area contributed by atoms with Crippen molar-refractivity contribution < 1.29 is 9.47 Å². The lowest BCUT2D eigenvalue weighted by atomic mass is 10.2. The largest absolute Gasteiger partial charge is 0.485 e. The number of hydrogen-bond donors (Lipinski definition) is 4. The van der Waals surface area contributed by atoms with Crippen LogP contribution in [0, 0.1) is 10.8 Å². The van der Waals surface area contributed by atoms with Crippen LogP contribution in [0.3, 0.4) is 0 Å². The molecule has 7 nitrogen and oxygen atoms in total. The van der Waals surface area contributed by atoms with Gasteiger partial charge in [-0.05, 0) is 23.3 Å². The second-order valence-corrected chi connectivity index (χ2v) is 6.63. The summed E-state index contributed by atoms with van der Waals surface area (Å²) in [5.41, 5.74) is 8.15. The summed E-state index contributed by atoms with van der Waals surface area (Å²) in [7, 11) is 1.54. The van der Waals surface area contributed by atoms with Crippen LogP contribution in [0.2, 0.25) is 0 Å². The number of anilines is 1. The molecule has 0 saturated heterocycles. The van der Waals surface area contributed by atoms with E-state index in [2.05, 4.69) is 5.32 Å². The molecule has 3 aromatic rings. The third-order valence-corrected chi connectivity index (χ3v) is 4.38. The van der Waals surface area contributed by atoms with E-state index in [1.165, 1.54) is 4.90 Å². The molecule has 0 atom stereocenters. The lowest BCUT2D eigenvalue weighted by molar-refractivity contribution is 0.256. The van der Waals surface area contributed by atoms with Crippen molar-refractivity contribution in [3.8, 4) is 11.5 Å². The highest BCUT2D eigenvalue weighted by Gasteiger charge is 2.11. The number of nitrogens with zero attached hydrogens (tertiary/aromatic N) is 1. The number of rotatable bonds is 7. The van der Waals surface area contributed by atoms with E-state index in [9.17, 15) is 0 Å². The number of nitrogens with one attached hydrogen (secondary N) is 3. The third-order valence-electron chi connectivity index (χ3n) is 4.38. The molecular weight excluding hydrogens is 378 g/mol. The molecule has 0 unspecified atom stereocenters. The van der Waals surface area contributed by atoms with Crippen molar-refractivity contribution >= 4 is 17.6 Å². The molecule has 0 radical (unpaired) electrons. The number of guanidine groups is 2. The van der Waals surface area contributed by atoms with Gasteiger partial charge in [0.2, 0.25) is 5.96 Å². The van der Waals surface area contributed by atoms with Gasteiger partial charge in [-0.25, -0.2) is 0 Å². The van der Waals surface area contributed by atoms with Crippen molar-refractivity contribution in [1.82, 2.24) is 4.90 Å². The first-order valence-corrected chi connectivity index (χ1v) is 9.44. The van der Waals surface area contributed by atoms with Gasteiger partial charge in [-0.1, -0.05) is 60.7 Å². The molecule has 3 aromatic carbocycles. The van der Waals surface area contributed by atoms with Crippen molar-refractivity contribution in [2.24, 2.45) is 5.73 Å². The summed E-state index contributed by atoms with van der Waals surface area (Å²) in [4.78, 5) is 1.23. The predicted octanol–water partition coefficient (Wildman–Crippen LogP) is 4.02. The van der Waals surface area contributed by atoms with Gasteiger partial charge < -0.3 is 20.5 Å². The molecule has 0 spiro atoms. The Morgan fingerprint density at radius 3 is 1.90 bits per heavy atom. The maximum atomic E-state index is 8.04. The van der Waals surface area contributed by atoms with Crippen LogP contribution >= 0.6 is 0 Å². The topological polar surface area (TPSA) is 107 Å². The van der Waals surface area contributed by atoms with E-state index in [-0.39, 0.29) is 11.9 Å². The van der Waals surface area contributed by atoms with Crippen molar-refractivity contribution in [3.05, 3.63) is 90.0 Å². The molecule has 7 heteroatoms. The maximum Gasteiger partial charge on any atom is 0.202 e. The first-order chi connectivity index (χ1) is 14.5. The second kappa shape index (κ2) is 9.97. The lowest BCUT2D eigenvalue weighted by Crippen LogP contribution is -2.41. The van der Waals surface area contributed by atoms with E-state index in [4.69, 9.17) is 26.0 Å². The second-order valence-electron chi connectivity index (χ2n) is 6.63. The summed E-state index contributed by atoms with van der Waals surface area (Å²) in [5.74, 6) is 0.912. The Hall–Kier alpha value is -4.00. The average molecular weight is 403 g/mol. The summed E-state index contributed by atoms with van der Waals surface area (Å²) in [5, 5.41) is 18.4. The fourth-order valence-corrected chi connectivity index (χ4v) is 2.63. The lowest BCUT2D eigenvalue weighted by Gasteiger charge is -2.20. The van der Waals surface area contributed by atoms with Crippen LogP contribution < -0.4 is 20.5 Å². The van der Waals surface area contributed by atoms with E-state index in [1.54, 1.807) is 25.2 Å². The molecule has 3 rings (SSSR count). The molecule has 0 saturated carbocycles. The minimum Gasteiger partial charge on any atom is -0.485 e. The molecule has 0 aromatic heterocycles. The zero-order valence-electron chi connectivity index (χ0n) is 16.8. The molecule has 0 amide bonds. The van der Waals surface area contributed by atoms with Crippen LogP contribution in [0.15, 0.2) is 78.9 Å². The summed E-state index contributed by atoms with van der Waals surface area (Å²) >= 11 is 0. The molecule has 0 bridgehead atoms. The maximum absolute atomic E-state index is 8.04. The molecule has 0 aliphatic rings. The molecule has 154 valence electrons. The zero-order chi connectivity index (χ0) is 21.3. The van der Waals surface area contributed by atoms with Gasteiger partial charge in [-0.3, -0.25) is 15.7 Å². The van der Waals surface area contributed by atoms with Crippen LogP contribution in [0.4, 0.5) is 5.69 Å². The number of nitrogens with two attached hydrogens (primary N) is 1. The highest BCUT2D eigenvalue weighted by atomic mass is 16.5. The van der Waals surface area contributed by atoms with E-state index in [0.29, 0.717) is 30.4 Å². The first kappa shape index (κ1) is 20.7. The van der Waals surface area contributed by atoms with Gasteiger partial charge in [-0.2, -0.15) is 0 Å². The van der Waals surface area contributed by atoms with Crippen molar-refractivity contribution in [2.75, 3.05) is 12.4 Å². The monoisotopic (exact) mass is 403 g/mol. The van der Waals surface area contributed by atoms with Gasteiger partial charge in [0.1, 0.15) is 13.2 Å². The SMILES string of the molecule is CN(C(=N)N)C(=N)Nc1ccc(OCc2ccccc2)c(OCc2ccccc2)c1. The third kappa shape index (κ3) is 5.75. The smallest absolute Gasteiger partial charge is 0.202 e. The molecule has 0 aliphatic carbocycles. The number of ether oxygens (including phenoxy) is 2. The first-order valence-electron chi connectivity index (χ1n) is 9.44. The number of benzene rings is 3. The predicted molar refractivity (Wildman–Crippen MR) is 119 cm³/mol. The minimum absolute atomic E-state index is 0.0190. The molecule has 5 N–H and O–H groups in total. The Bertz CT molecular complexity index is 993. The Balaban J connectivity index is 1.77. The molecule has 0 aliphatic heterocycles. The van der Waals surface area contributed by atoms with Crippen molar-refractivity contribution in [3.63, 3.8) is 0 Å². The fourth-order valence-electron chi connectivity index (χ4n) is 2.63. The summed E-state index contributed by atoms with van der Waals surface area (Å²) < 4.78 is 12.0. The van der Waals surface area contributed by atoms with Crippen LogP contribution in [0.5, 0.6) is 11.5 Å². The molecular formula is C23H25N5O2. The van der Waals surface area contributed by atoms with Crippen molar-refractivity contribution in [1.29, 1.82) is 10.8 Å². The van der Waals surface area contributed by atoms with Crippen LogP contribution in [-0.2, 0) is 13.2 Å². The molecule has 0 fully saturated rings. The standard InChI is InChI=1S/C23H25N5O2/c1-28(22(24)25)23(26)27-19-12-13-20(29-15-17-8-4-2-5-9-17)21(14-19)30-16-18-10-6-3-7-11-18/h2-14H,15-16H2,1H3,(H3,24,25)(H2,26,27). The number of hydrogen-bond acceptors (Lipinski definition) is 4. The normalized spacial score (nSPS) is 10.2. The average Bonchev–Trinajstić information content (AvgIpc) is 2.77. The fraction of sp³-hybridized carbons (Fsp3) is 0.130. The van der Waals surface area contributed by atoms with E-state index >= 15 is 0 Å². The van der Waals surface area contributed by atoms with Crippen molar-refractivity contribution in [2.45, 2.75) is 13.2 Å². The summed E-state index contributed by atoms with van der Waals surface area (Å²) in [6.07, 6.45) is 0. The zero-order valence-corrected chi connectivity index (χ0v) is 16.8. The van der Waals surface area contributed by atoms with Gasteiger partial charge in [0.25, 0.3) is 0 Å². The van der Waals surface area contributed by atoms with E-state index in [1.807, 2.05) is 60.7 Å². The summed E-state index contributed by atoms with van der Waals surface area (Å²) in [6.45, 7) is 0.801. The van der Waals surface area contributed by atoms with Gasteiger partial charge in [0.15, 0.2) is 17.5 Å². The van der Waals surface area contributed by atoms with Crippen LogP contribution in [0.25, 0.3) is 0 Å². The summed E-state index contributed by atoms with van der Waals surface area (Å²) in [6, 6.07) is 25.1. The Kier molecular flexibility index (Phi) is 6.89. The Labute approximate surface area is 176 Å². The van der Waals surface area contributed by atoms with Gasteiger partial charge in [0.05, 0.1) is 0 Å². The molecule has 0 heterocycles. The van der Waals surface area contributed by atoms with Crippen LogP contribution in [-0.4, -0.2) is 23.9 Å².